The van der Waals surface area contributed by atoms with Crippen LogP contribution in [0.3, 0.4) is 0 Å². The van der Waals surface area contributed by atoms with Crippen LogP contribution in [0.5, 0.6) is 11.5 Å². The Labute approximate surface area is 205 Å². The summed E-state index contributed by atoms with van der Waals surface area (Å²) in [4.78, 5) is 53.4. The minimum absolute atomic E-state index is 0.0527. The number of nitrogens with zero attached hydrogens (tertiary/aromatic N) is 1. The lowest BCUT2D eigenvalue weighted by Gasteiger charge is -2.29. The van der Waals surface area contributed by atoms with Gasteiger partial charge in [0.2, 0.25) is 23.6 Å². The summed E-state index contributed by atoms with van der Waals surface area (Å²) in [6.07, 6.45) is 0.0684. The summed E-state index contributed by atoms with van der Waals surface area (Å²) in [6, 6.07) is 8.20. The molecule has 3 aliphatic rings. The second-order valence-corrected chi connectivity index (χ2v) is 9.14. The number of rotatable bonds is 7. The molecule has 3 heterocycles. The maximum atomic E-state index is 14.2. The maximum absolute atomic E-state index is 14.2. The van der Waals surface area contributed by atoms with Gasteiger partial charge in [-0.3, -0.25) is 29.4 Å². The number of hydrogen-bond donors (Lipinski definition) is 3. The molecule has 2 aromatic carbocycles. The predicted molar refractivity (Wildman–Crippen MR) is 124 cm³/mol. The summed E-state index contributed by atoms with van der Waals surface area (Å²) in [5.74, 6) is -4.02. The molecule has 4 amide bonds. The number of fused-ring (bicyclic) bond motifs is 4. The minimum Gasteiger partial charge on any atom is -0.493 e. The molecule has 0 bridgehead atoms. The third-order valence-corrected chi connectivity index (χ3v) is 7.26. The smallest absolute Gasteiger partial charge is 0.250 e. The Morgan fingerprint density at radius 1 is 1.08 bits per heavy atom. The topological polar surface area (TPSA) is 140 Å². The number of primary amides is 1. The van der Waals surface area contributed by atoms with Gasteiger partial charge in [0.05, 0.1) is 26.1 Å². The van der Waals surface area contributed by atoms with Crippen molar-refractivity contribution >= 4 is 29.3 Å². The van der Waals surface area contributed by atoms with Gasteiger partial charge in [0.25, 0.3) is 0 Å². The lowest BCUT2D eigenvalue weighted by Crippen LogP contribution is -2.53. The van der Waals surface area contributed by atoms with Gasteiger partial charge >= 0.3 is 0 Å². The molecule has 0 aliphatic carbocycles. The minimum atomic E-state index is -1.69. The summed E-state index contributed by atoms with van der Waals surface area (Å²) in [5, 5.41) is 5.72. The number of halogens is 1. The molecule has 3 aliphatic heterocycles. The normalized spacial score (nSPS) is 26.2. The van der Waals surface area contributed by atoms with Crippen LogP contribution < -0.4 is 25.8 Å². The quantitative estimate of drug-likeness (QED) is 0.479. The second kappa shape index (κ2) is 8.59. The number of ether oxygens (including phenoxy) is 2. The molecule has 2 saturated heterocycles. The first-order valence-electron chi connectivity index (χ1n) is 11.4. The highest BCUT2D eigenvalue weighted by molar-refractivity contribution is 6.15. The number of amides is 4. The van der Waals surface area contributed by atoms with Crippen LogP contribution in [0.15, 0.2) is 36.4 Å². The fraction of sp³-hybridized carbons (Fsp3) is 0.360. The zero-order valence-corrected chi connectivity index (χ0v) is 19.7. The number of benzene rings is 2. The molecule has 11 heteroatoms. The third-order valence-electron chi connectivity index (χ3n) is 7.26. The molecule has 188 valence electrons. The molecule has 0 saturated carbocycles. The van der Waals surface area contributed by atoms with Gasteiger partial charge in [-0.2, -0.15) is 0 Å². The summed E-state index contributed by atoms with van der Waals surface area (Å²) >= 11 is 0. The fourth-order valence-corrected chi connectivity index (χ4v) is 5.72. The van der Waals surface area contributed by atoms with Crippen molar-refractivity contribution in [1.29, 1.82) is 0 Å². The molecule has 10 nitrogen and oxygen atoms in total. The van der Waals surface area contributed by atoms with E-state index in [0.717, 1.165) is 10.5 Å². The van der Waals surface area contributed by atoms with E-state index in [2.05, 4.69) is 10.6 Å². The van der Waals surface area contributed by atoms with Crippen molar-refractivity contribution in [2.45, 2.75) is 24.4 Å². The SMILES string of the molecule is COc1ccc(CCN2C(=O)[C@@H]3[C@H](CC(N)=O)N[C@]4(C(=O)Nc5ccc(F)cc54)[C@@H]3C2=O)cc1OC. The van der Waals surface area contributed by atoms with E-state index in [0.29, 0.717) is 23.6 Å². The summed E-state index contributed by atoms with van der Waals surface area (Å²) in [5.41, 5.74) is 5.12. The van der Waals surface area contributed by atoms with Crippen LogP contribution in [0.2, 0.25) is 0 Å². The molecular formula is C25H25FN4O6. The first kappa shape index (κ1) is 23.7. The molecule has 36 heavy (non-hydrogen) atoms. The van der Waals surface area contributed by atoms with Gasteiger partial charge < -0.3 is 20.5 Å². The highest BCUT2D eigenvalue weighted by Crippen LogP contribution is 2.53. The van der Waals surface area contributed by atoms with Crippen LogP contribution in [-0.4, -0.2) is 55.3 Å². The largest absolute Gasteiger partial charge is 0.493 e. The van der Waals surface area contributed by atoms with Crippen molar-refractivity contribution in [1.82, 2.24) is 10.2 Å². The van der Waals surface area contributed by atoms with Gasteiger partial charge in [0.15, 0.2) is 11.5 Å². The predicted octanol–water partition coefficient (Wildman–Crippen LogP) is 0.681. The molecule has 0 unspecified atom stereocenters. The van der Waals surface area contributed by atoms with Crippen molar-refractivity contribution in [3.8, 4) is 11.5 Å². The third kappa shape index (κ3) is 3.41. The van der Waals surface area contributed by atoms with Crippen LogP contribution in [0, 0.1) is 17.7 Å². The van der Waals surface area contributed by atoms with Gasteiger partial charge in [0.1, 0.15) is 11.4 Å². The van der Waals surface area contributed by atoms with Gasteiger partial charge in [-0.15, -0.1) is 0 Å². The average molecular weight is 496 g/mol. The maximum Gasteiger partial charge on any atom is 0.250 e. The Bertz CT molecular complexity index is 1300. The van der Waals surface area contributed by atoms with Crippen molar-refractivity contribution < 1.29 is 33.0 Å². The Hall–Kier alpha value is -3.99. The van der Waals surface area contributed by atoms with Crippen LogP contribution in [-0.2, 0) is 31.1 Å². The molecule has 4 atom stereocenters. The molecule has 2 fully saturated rings. The van der Waals surface area contributed by atoms with E-state index in [1.54, 1.807) is 18.2 Å². The zero-order valence-electron chi connectivity index (χ0n) is 19.7. The van der Waals surface area contributed by atoms with E-state index in [-0.39, 0.29) is 18.5 Å². The van der Waals surface area contributed by atoms with Gasteiger partial charge in [0, 0.05) is 30.3 Å². The van der Waals surface area contributed by atoms with Crippen molar-refractivity contribution in [2.75, 3.05) is 26.1 Å². The Morgan fingerprint density at radius 3 is 2.53 bits per heavy atom. The van der Waals surface area contributed by atoms with Gasteiger partial charge in [-0.1, -0.05) is 6.07 Å². The zero-order chi connectivity index (χ0) is 25.8. The van der Waals surface area contributed by atoms with E-state index >= 15 is 0 Å². The molecule has 2 aromatic rings. The summed E-state index contributed by atoms with van der Waals surface area (Å²) in [6.45, 7) is 0.0527. The van der Waals surface area contributed by atoms with E-state index in [1.807, 2.05) is 0 Å². The number of imide groups is 1. The van der Waals surface area contributed by atoms with E-state index < -0.39 is 52.9 Å². The van der Waals surface area contributed by atoms with Crippen LogP contribution in [0.25, 0.3) is 0 Å². The lowest BCUT2D eigenvalue weighted by molar-refractivity contribution is -0.142. The van der Waals surface area contributed by atoms with Crippen LogP contribution in [0.4, 0.5) is 10.1 Å². The molecule has 1 spiro atoms. The first-order chi connectivity index (χ1) is 17.2. The molecule has 5 rings (SSSR count). The number of nitrogens with one attached hydrogen (secondary N) is 2. The lowest BCUT2D eigenvalue weighted by atomic mass is 9.76. The number of carbonyl (C=O) groups is 4. The van der Waals surface area contributed by atoms with E-state index in [4.69, 9.17) is 15.2 Å². The fourth-order valence-electron chi connectivity index (χ4n) is 5.72. The number of nitrogens with two attached hydrogens (primary N) is 1. The molecule has 4 N–H and O–H groups in total. The summed E-state index contributed by atoms with van der Waals surface area (Å²) in [7, 11) is 3.03. The van der Waals surface area contributed by atoms with Crippen molar-refractivity contribution in [2.24, 2.45) is 17.6 Å². The first-order valence-corrected chi connectivity index (χ1v) is 11.4. The van der Waals surface area contributed by atoms with Crippen molar-refractivity contribution in [3.05, 3.63) is 53.3 Å². The molecule has 0 aromatic heterocycles. The van der Waals surface area contributed by atoms with Crippen LogP contribution >= 0.6 is 0 Å². The number of methoxy groups -OCH3 is 2. The van der Waals surface area contributed by atoms with Crippen molar-refractivity contribution in [3.63, 3.8) is 0 Å². The number of likely N-dealkylation sites (tertiary alicyclic amines) is 1. The van der Waals surface area contributed by atoms with E-state index in [1.165, 1.54) is 32.4 Å². The highest BCUT2D eigenvalue weighted by Gasteiger charge is 2.70. The number of carbonyl (C=O) groups excluding carboxylic acids is 4. The Balaban J connectivity index is 1.49. The standard InChI is InChI=1S/C25H25FN4O6/c1-35-17-6-3-12(9-18(17)36-2)7-8-30-22(32)20-16(11-19(27)31)29-25(21(20)23(30)33)14-10-13(26)4-5-15(14)28-24(25)34/h3-6,9-10,16,20-21,29H,7-8,11H2,1-2H3,(H2,27,31)(H,28,34)/t16-,20+,21-,25-/m0/s1. The van der Waals surface area contributed by atoms with E-state index in [9.17, 15) is 23.6 Å². The second-order valence-electron chi connectivity index (χ2n) is 9.14. The van der Waals surface area contributed by atoms with Crippen LogP contribution in [0.1, 0.15) is 17.5 Å². The molecular weight excluding hydrogens is 471 g/mol. The number of hydrogen-bond acceptors (Lipinski definition) is 7. The average Bonchev–Trinajstić information content (AvgIpc) is 3.41. The highest BCUT2D eigenvalue weighted by atomic mass is 19.1. The Kier molecular flexibility index (Phi) is 5.67. The molecule has 0 radical (unpaired) electrons. The Morgan fingerprint density at radius 2 is 1.83 bits per heavy atom. The number of anilines is 1. The summed E-state index contributed by atoms with van der Waals surface area (Å²) < 4.78 is 24.8. The monoisotopic (exact) mass is 496 g/mol. The van der Waals surface area contributed by atoms with Gasteiger partial charge in [-0.25, -0.2) is 4.39 Å². The van der Waals surface area contributed by atoms with Gasteiger partial charge in [-0.05, 0) is 42.3 Å².